The fraction of sp³-hybridized carbons (Fsp3) is 0.400. The lowest BCUT2D eigenvalue weighted by Crippen LogP contribution is -2.28. The summed E-state index contributed by atoms with van der Waals surface area (Å²) in [6, 6.07) is 9.93. The molecule has 5 nitrogen and oxygen atoms in total. The van der Waals surface area contributed by atoms with Crippen molar-refractivity contribution in [2.45, 2.75) is 31.2 Å². The predicted molar refractivity (Wildman–Crippen MR) is 110 cm³/mol. The Hall–Kier alpha value is -1.92. The minimum atomic E-state index is -0.0693. The zero-order chi connectivity index (χ0) is 19.0. The fourth-order valence-electron chi connectivity index (χ4n) is 3.70. The van der Waals surface area contributed by atoms with Crippen LogP contribution in [0.5, 0.6) is 11.5 Å². The number of amidine groups is 1. The van der Waals surface area contributed by atoms with Gasteiger partial charge in [0.2, 0.25) is 0 Å². The normalized spacial score (nSPS) is 23.9. The molecule has 2 aliphatic rings. The number of hydrogen-bond acceptors (Lipinski definition) is 6. The highest BCUT2D eigenvalue weighted by Crippen LogP contribution is 2.49. The molecule has 0 amide bonds. The van der Waals surface area contributed by atoms with Gasteiger partial charge < -0.3 is 14.4 Å². The molecular formula is C20H22ClN3O2S. The Morgan fingerprint density at radius 1 is 1.33 bits per heavy atom. The van der Waals surface area contributed by atoms with Crippen molar-refractivity contribution < 1.29 is 9.47 Å². The first kappa shape index (κ1) is 18.4. The summed E-state index contributed by atoms with van der Waals surface area (Å²) in [6.45, 7) is 5.67. The molecule has 1 aromatic heterocycles. The van der Waals surface area contributed by atoms with Crippen molar-refractivity contribution in [1.29, 1.82) is 0 Å². The Balaban J connectivity index is 1.80. The Labute approximate surface area is 168 Å². The number of rotatable bonds is 5. The van der Waals surface area contributed by atoms with Gasteiger partial charge in [0.15, 0.2) is 16.7 Å². The van der Waals surface area contributed by atoms with Crippen LogP contribution in [0, 0.1) is 0 Å². The van der Waals surface area contributed by atoms with Crippen molar-refractivity contribution in [2.24, 2.45) is 4.99 Å². The predicted octanol–water partition coefficient (Wildman–Crippen LogP) is 4.73. The molecule has 4 rings (SSSR count). The highest BCUT2D eigenvalue weighted by atomic mass is 35.5. The molecule has 1 saturated heterocycles. The van der Waals surface area contributed by atoms with Gasteiger partial charge in [0.25, 0.3) is 0 Å². The SMILES string of the molecule is CCOc1cc([C@H]2[C@@H](c3ccccn3)N=C3S[C@@H](C)CN32)cc(Cl)c1OC. The van der Waals surface area contributed by atoms with Crippen molar-refractivity contribution in [2.75, 3.05) is 20.3 Å². The monoisotopic (exact) mass is 403 g/mol. The number of methoxy groups -OCH3 is 1. The Morgan fingerprint density at radius 3 is 2.89 bits per heavy atom. The van der Waals surface area contributed by atoms with Crippen molar-refractivity contribution >= 4 is 28.5 Å². The van der Waals surface area contributed by atoms with Crippen LogP contribution in [-0.4, -0.2) is 40.6 Å². The number of aliphatic imine (C=N–C) groups is 1. The number of hydrogen-bond donors (Lipinski definition) is 0. The van der Waals surface area contributed by atoms with Gasteiger partial charge in [-0.3, -0.25) is 9.98 Å². The molecule has 0 spiro atoms. The van der Waals surface area contributed by atoms with E-state index in [1.54, 1.807) is 7.11 Å². The molecule has 0 saturated carbocycles. The smallest absolute Gasteiger partial charge is 0.179 e. The van der Waals surface area contributed by atoms with Gasteiger partial charge in [0.1, 0.15) is 6.04 Å². The Bertz CT molecular complexity index is 862. The van der Waals surface area contributed by atoms with Gasteiger partial charge in [-0.2, -0.15) is 0 Å². The fourth-order valence-corrected chi connectivity index (χ4v) is 5.09. The second-order valence-electron chi connectivity index (χ2n) is 6.60. The van der Waals surface area contributed by atoms with Crippen LogP contribution in [0.3, 0.4) is 0 Å². The van der Waals surface area contributed by atoms with Crippen LogP contribution in [0.2, 0.25) is 5.02 Å². The number of benzene rings is 1. The van der Waals surface area contributed by atoms with Crippen LogP contribution in [0.15, 0.2) is 41.5 Å². The number of pyridine rings is 1. The summed E-state index contributed by atoms with van der Waals surface area (Å²) >= 11 is 8.35. The van der Waals surface area contributed by atoms with E-state index in [0.29, 0.717) is 28.4 Å². The van der Waals surface area contributed by atoms with Crippen molar-refractivity contribution in [1.82, 2.24) is 9.88 Å². The van der Waals surface area contributed by atoms with E-state index >= 15 is 0 Å². The molecule has 0 aliphatic carbocycles. The Kier molecular flexibility index (Phi) is 5.19. The maximum absolute atomic E-state index is 6.53. The molecule has 142 valence electrons. The highest BCUT2D eigenvalue weighted by Gasteiger charge is 2.43. The number of thioether (sulfide) groups is 1. The molecule has 0 N–H and O–H groups in total. The van der Waals surface area contributed by atoms with Gasteiger partial charge in [-0.25, -0.2) is 0 Å². The van der Waals surface area contributed by atoms with E-state index in [9.17, 15) is 0 Å². The summed E-state index contributed by atoms with van der Waals surface area (Å²) in [6.07, 6.45) is 1.82. The zero-order valence-corrected chi connectivity index (χ0v) is 17.1. The number of fused-ring (bicyclic) bond motifs is 1. The molecule has 0 radical (unpaired) electrons. The minimum Gasteiger partial charge on any atom is -0.491 e. The maximum atomic E-state index is 6.53. The van der Waals surface area contributed by atoms with E-state index in [1.807, 2.05) is 55.2 Å². The molecule has 7 heteroatoms. The molecule has 0 bridgehead atoms. The van der Waals surface area contributed by atoms with Crippen LogP contribution < -0.4 is 9.47 Å². The summed E-state index contributed by atoms with van der Waals surface area (Å²) in [4.78, 5) is 11.9. The maximum Gasteiger partial charge on any atom is 0.179 e. The van der Waals surface area contributed by atoms with Crippen LogP contribution in [-0.2, 0) is 0 Å². The topological polar surface area (TPSA) is 47.0 Å². The molecule has 0 unspecified atom stereocenters. The van der Waals surface area contributed by atoms with E-state index in [1.165, 1.54) is 0 Å². The Morgan fingerprint density at radius 2 is 2.19 bits per heavy atom. The third-order valence-corrected chi connectivity index (χ3v) is 6.14. The van der Waals surface area contributed by atoms with Gasteiger partial charge in [0.05, 0.1) is 30.5 Å². The highest BCUT2D eigenvalue weighted by molar-refractivity contribution is 8.14. The largest absolute Gasteiger partial charge is 0.491 e. The average Bonchev–Trinajstić information content (AvgIpc) is 3.18. The molecule has 1 aromatic carbocycles. The van der Waals surface area contributed by atoms with Crippen LogP contribution in [0.1, 0.15) is 37.2 Å². The van der Waals surface area contributed by atoms with E-state index in [0.717, 1.165) is 23.0 Å². The van der Waals surface area contributed by atoms with E-state index in [4.69, 9.17) is 26.1 Å². The molecular weight excluding hydrogens is 382 g/mol. The second kappa shape index (κ2) is 7.60. The van der Waals surface area contributed by atoms with Crippen LogP contribution >= 0.6 is 23.4 Å². The van der Waals surface area contributed by atoms with Crippen molar-refractivity contribution in [3.63, 3.8) is 0 Å². The first-order chi connectivity index (χ1) is 13.1. The van der Waals surface area contributed by atoms with Crippen molar-refractivity contribution in [3.05, 3.63) is 52.8 Å². The zero-order valence-electron chi connectivity index (χ0n) is 15.6. The molecule has 3 atom stereocenters. The lowest BCUT2D eigenvalue weighted by Gasteiger charge is -2.28. The minimum absolute atomic E-state index is 0.0370. The van der Waals surface area contributed by atoms with E-state index in [2.05, 4.69) is 16.8 Å². The molecule has 1 fully saturated rings. The second-order valence-corrected chi connectivity index (χ2v) is 8.42. The third-order valence-electron chi connectivity index (χ3n) is 4.76. The van der Waals surface area contributed by atoms with E-state index < -0.39 is 0 Å². The van der Waals surface area contributed by atoms with Crippen LogP contribution in [0.4, 0.5) is 0 Å². The summed E-state index contributed by atoms with van der Waals surface area (Å²) < 4.78 is 11.2. The molecule has 27 heavy (non-hydrogen) atoms. The average molecular weight is 404 g/mol. The van der Waals surface area contributed by atoms with Gasteiger partial charge >= 0.3 is 0 Å². The van der Waals surface area contributed by atoms with Gasteiger partial charge in [-0.1, -0.05) is 36.4 Å². The number of halogens is 1. The standard InChI is InChI=1S/C20H22ClN3O2S/c1-4-26-16-10-13(9-14(21)19(16)25-3)18-17(15-7-5-6-8-22-15)23-20-24(18)11-12(2)27-20/h5-10,12,17-18H,4,11H2,1-3H3/t12-,17+,18-/m0/s1. The van der Waals surface area contributed by atoms with E-state index in [-0.39, 0.29) is 12.1 Å². The summed E-state index contributed by atoms with van der Waals surface area (Å²) in [5.41, 5.74) is 2.02. The van der Waals surface area contributed by atoms with Crippen molar-refractivity contribution in [3.8, 4) is 11.5 Å². The number of ether oxygens (including phenoxy) is 2. The summed E-state index contributed by atoms with van der Waals surface area (Å²) in [5, 5.41) is 2.13. The third kappa shape index (κ3) is 3.36. The molecule has 2 aliphatic heterocycles. The summed E-state index contributed by atoms with van der Waals surface area (Å²) in [7, 11) is 1.61. The van der Waals surface area contributed by atoms with Gasteiger partial charge in [-0.15, -0.1) is 0 Å². The first-order valence-electron chi connectivity index (χ1n) is 9.04. The number of nitrogens with zero attached hydrogens (tertiary/aromatic N) is 3. The van der Waals surface area contributed by atoms with Gasteiger partial charge in [0, 0.05) is 18.0 Å². The first-order valence-corrected chi connectivity index (χ1v) is 10.3. The quantitative estimate of drug-likeness (QED) is 0.722. The lowest BCUT2D eigenvalue weighted by molar-refractivity contribution is 0.302. The van der Waals surface area contributed by atoms with Gasteiger partial charge in [-0.05, 0) is 36.8 Å². The summed E-state index contributed by atoms with van der Waals surface area (Å²) in [5.74, 6) is 1.23. The van der Waals surface area contributed by atoms with Crippen LogP contribution in [0.25, 0.3) is 0 Å². The molecule has 3 heterocycles. The molecule has 2 aromatic rings. The lowest BCUT2D eigenvalue weighted by atomic mass is 9.96. The number of aromatic nitrogens is 1.